The molecule has 0 radical (unpaired) electrons. The molecule has 0 fully saturated rings. The third-order valence-electron chi connectivity index (χ3n) is 1.82. The van der Waals surface area contributed by atoms with Gasteiger partial charge in [0.15, 0.2) is 6.61 Å². The third kappa shape index (κ3) is 2.94. The van der Waals surface area contributed by atoms with E-state index in [1.807, 2.05) is 0 Å². The van der Waals surface area contributed by atoms with Crippen molar-refractivity contribution in [2.45, 2.75) is 0 Å². The number of hydrogen-bond acceptors (Lipinski definition) is 4. The van der Waals surface area contributed by atoms with E-state index in [0.29, 0.717) is 0 Å². The zero-order valence-corrected chi connectivity index (χ0v) is 8.41. The van der Waals surface area contributed by atoms with E-state index in [1.54, 1.807) is 0 Å². The van der Waals surface area contributed by atoms with Gasteiger partial charge in [-0.05, 0) is 12.1 Å². The molecule has 0 saturated carbocycles. The van der Waals surface area contributed by atoms with Gasteiger partial charge in [-0.25, -0.2) is 14.4 Å². The minimum absolute atomic E-state index is 0.397. The molecule has 0 atom stereocenters. The van der Waals surface area contributed by atoms with Crippen molar-refractivity contribution in [3.05, 3.63) is 29.3 Å². The smallest absolute Gasteiger partial charge is 0.341 e. The fourth-order valence-electron chi connectivity index (χ4n) is 1.16. The summed E-state index contributed by atoms with van der Waals surface area (Å²) < 4.78 is 4.69. The highest BCUT2D eigenvalue weighted by Gasteiger charge is 2.20. The van der Waals surface area contributed by atoms with E-state index in [4.69, 9.17) is 20.1 Å². The van der Waals surface area contributed by atoms with E-state index in [9.17, 15) is 14.4 Å². The lowest BCUT2D eigenvalue weighted by Crippen LogP contribution is -2.15. The van der Waals surface area contributed by atoms with E-state index < -0.39 is 41.4 Å². The molecule has 3 N–H and O–H groups in total. The summed E-state index contributed by atoms with van der Waals surface area (Å²) in [6.45, 7) is -0.815. The van der Waals surface area contributed by atoms with Gasteiger partial charge >= 0.3 is 17.9 Å². The standard InChI is InChI=1S/C10H8O7/c11-7(12)4-17-8-5(9(13)14)2-1-3-6(8)10(15)16/h1-3H,4H2,(H,11,12)(H,13,14)(H,15,16). The first-order valence-corrected chi connectivity index (χ1v) is 4.37. The summed E-state index contributed by atoms with van der Waals surface area (Å²) in [5.41, 5.74) is -0.794. The molecule has 0 aliphatic heterocycles. The molecule has 1 rings (SSSR count). The summed E-state index contributed by atoms with van der Waals surface area (Å²) in [6, 6.07) is 3.50. The molecular weight excluding hydrogens is 232 g/mol. The predicted molar refractivity (Wildman–Crippen MR) is 53.5 cm³/mol. The Morgan fingerprint density at radius 3 is 1.82 bits per heavy atom. The maximum absolute atomic E-state index is 10.8. The number of para-hydroxylation sites is 1. The molecule has 1 aromatic carbocycles. The molecule has 0 aliphatic carbocycles. The van der Waals surface area contributed by atoms with Crippen LogP contribution >= 0.6 is 0 Å². The second-order valence-corrected chi connectivity index (χ2v) is 2.97. The number of rotatable bonds is 5. The lowest BCUT2D eigenvalue weighted by molar-refractivity contribution is -0.139. The van der Waals surface area contributed by atoms with Gasteiger partial charge < -0.3 is 20.1 Å². The molecule has 7 heteroatoms. The van der Waals surface area contributed by atoms with Crippen LogP contribution in [0.5, 0.6) is 5.75 Å². The van der Waals surface area contributed by atoms with Crippen LogP contribution in [-0.4, -0.2) is 39.8 Å². The molecule has 0 bridgehead atoms. The van der Waals surface area contributed by atoms with Gasteiger partial charge in [-0.2, -0.15) is 0 Å². The fourth-order valence-corrected chi connectivity index (χ4v) is 1.16. The van der Waals surface area contributed by atoms with Crippen LogP contribution in [0.1, 0.15) is 20.7 Å². The van der Waals surface area contributed by atoms with Gasteiger partial charge in [-0.3, -0.25) is 0 Å². The molecule has 7 nitrogen and oxygen atoms in total. The Balaban J connectivity index is 3.23. The SMILES string of the molecule is O=C(O)COc1c(C(=O)O)cccc1C(=O)O. The number of hydrogen-bond donors (Lipinski definition) is 3. The second-order valence-electron chi connectivity index (χ2n) is 2.97. The molecule has 17 heavy (non-hydrogen) atoms. The first-order valence-electron chi connectivity index (χ1n) is 4.37. The number of ether oxygens (including phenoxy) is 1. The molecule has 0 unspecified atom stereocenters. The Morgan fingerprint density at radius 1 is 1.00 bits per heavy atom. The Hall–Kier alpha value is -2.57. The van der Waals surface area contributed by atoms with Crippen molar-refractivity contribution < 1.29 is 34.4 Å². The topological polar surface area (TPSA) is 121 Å². The summed E-state index contributed by atoms with van der Waals surface area (Å²) in [5, 5.41) is 26.0. The first kappa shape index (κ1) is 12.5. The number of benzene rings is 1. The van der Waals surface area contributed by atoms with Crippen molar-refractivity contribution in [2.75, 3.05) is 6.61 Å². The van der Waals surface area contributed by atoms with Crippen LogP contribution in [0.3, 0.4) is 0 Å². The van der Waals surface area contributed by atoms with Gasteiger partial charge in [-0.1, -0.05) is 6.07 Å². The maximum atomic E-state index is 10.8. The van der Waals surface area contributed by atoms with E-state index in [1.165, 1.54) is 6.07 Å². The molecule has 0 amide bonds. The molecule has 90 valence electrons. The summed E-state index contributed by atoms with van der Waals surface area (Å²) >= 11 is 0. The Morgan fingerprint density at radius 2 is 1.47 bits per heavy atom. The van der Waals surface area contributed by atoms with Gasteiger partial charge in [0.25, 0.3) is 0 Å². The van der Waals surface area contributed by atoms with Crippen molar-refractivity contribution in [3.8, 4) is 5.75 Å². The van der Waals surface area contributed by atoms with E-state index >= 15 is 0 Å². The lowest BCUT2D eigenvalue weighted by atomic mass is 10.1. The zero-order valence-electron chi connectivity index (χ0n) is 8.41. The summed E-state index contributed by atoms with van der Waals surface area (Å²) in [5.74, 6) is -4.58. The van der Waals surface area contributed by atoms with E-state index in [2.05, 4.69) is 0 Å². The van der Waals surface area contributed by atoms with E-state index in [-0.39, 0.29) is 0 Å². The highest BCUT2D eigenvalue weighted by molar-refractivity contribution is 5.98. The van der Waals surface area contributed by atoms with Crippen molar-refractivity contribution >= 4 is 17.9 Å². The van der Waals surface area contributed by atoms with Crippen molar-refractivity contribution in [1.29, 1.82) is 0 Å². The van der Waals surface area contributed by atoms with Crippen LogP contribution in [0.4, 0.5) is 0 Å². The minimum atomic E-state index is -1.39. The number of aliphatic carboxylic acids is 1. The normalized spacial score (nSPS) is 9.65. The average Bonchev–Trinajstić information content (AvgIpc) is 2.25. The van der Waals surface area contributed by atoms with Crippen LogP contribution in [-0.2, 0) is 4.79 Å². The van der Waals surface area contributed by atoms with Gasteiger partial charge in [-0.15, -0.1) is 0 Å². The lowest BCUT2D eigenvalue weighted by Gasteiger charge is -2.09. The van der Waals surface area contributed by atoms with E-state index in [0.717, 1.165) is 12.1 Å². The molecule has 0 aliphatic rings. The van der Waals surface area contributed by atoms with Crippen LogP contribution in [0.25, 0.3) is 0 Å². The number of carboxylic acid groups (broad SMARTS) is 3. The molecule has 0 heterocycles. The average molecular weight is 240 g/mol. The third-order valence-corrected chi connectivity index (χ3v) is 1.82. The summed E-state index contributed by atoms with van der Waals surface area (Å²) in [7, 11) is 0. The van der Waals surface area contributed by atoms with Crippen LogP contribution in [0.15, 0.2) is 18.2 Å². The zero-order chi connectivity index (χ0) is 13.0. The van der Waals surface area contributed by atoms with Crippen LogP contribution in [0, 0.1) is 0 Å². The highest BCUT2D eigenvalue weighted by Crippen LogP contribution is 2.24. The molecule has 1 aromatic rings. The quantitative estimate of drug-likeness (QED) is 0.686. The monoisotopic (exact) mass is 240 g/mol. The molecule has 0 spiro atoms. The Labute approximate surface area is 94.9 Å². The maximum Gasteiger partial charge on any atom is 0.341 e. The van der Waals surface area contributed by atoms with Crippen LogP contribution < -0.4 is 4.74 Å². The van der Waals surface area contributed by atoms with Crippen molar-refractivity contribution in [2.24, 2.45) is 0 Å². The predicted octanol–water partition coefficient (Wildman–Crippen LogP) is 0.546. The molecular formula is C10H8O7. The second kappa shape index (κ2) is 4.97. The highest BCUT2D eigenvalue weighted by atomic mass is 16.5. The largest absolute Gasteiger partial charge is 0.480 e. The Kier molecular flexibility index (Phi) is 3.66. The van der Waals surface area contributed by atoms with Gasteiger partial charge in [0.2, 0.25) is 0 Å². The summed E-state index contributed by atoms with van der Waals surface area (Å²) in [4.78, 5) is 32.0. The minimum Gasteiger partial charge on any atom is -0.480 e. The van der Waals surface area contributed by atoms with Crippen molar-refractivity contribution in [1.82, 2.24) is 0 Å². The van der Waals surface area contributed by atoms with Gasteiger partial charge in [0.05, 0.1) is 0 Å². The number of carboxylic acids is 3. The molecule has 0 saturated heterocycles. The fraction of sp³-hybridized carbons (Fsp3) is 0.100. The van der Waals surface area contributed by atoms with Crippen LogP contribution in [0.2, 0.25) is 0 Å². The summed E-state index contributed by atoms with van der Waals surface area (Å²) in [6.07, 6.45) is 0. The first-order chi connectivity index (χ1) is 7.93. The number of carbonyl (C=O) groups is 3. The number of aromatic carboxylic acids is 2. The van der Waals surface area contributed by atoms with Gasteiger partial charge in [0, 0.05) is 0 Å². The van der Waals surface area contributed by atoms with Gasteiger partial charge in [0.1, 0.15) is 16.9 Å². The molecule has 0 aromatic heterocycles. The van der Waals surface area contributed by atoms with Crippen molar-refractivity contribution in [3.63, 3.8) is 0 Å². The Bertz CT molecular complexity index is 445.